The van der Waals surface area contributed by atoms with Crippen molar-refractivity contribution in [2.24, 2.45) is 0 Å². The number of halogens is 1. The molecule has 1 atom stereocenters. The predicted molar refractivity (Wildman–Crippen MR) is 110 cm³/mol. The minimum atomic E-state index is -1.05. The monoisotopic (exact) mass is 412 g/mol. The van der Waals surface area contributed by atoms with Crippen LogP contribution in [0.3, 0.4) is 0 Å². The van der Waals surface area contributed by atoms with Gasteiger partial charge in [-0.2, -0.15) is 0 Å². The summed E-state index contributed by atoms with van der Waals surface area (Å²) in [7, 11) is 0. The molecule has 1 heterocycles. The van der Waals surface area contributed by atoms with Gasteiger partial charge in [0.2, 0.25) is 5.89 Å². The first kappa shape index (κ1) is 20.6. The van der Waals surface area contributed by atoms with E-state index in [2.05, 4.69) is 10.3 Å². The number of rotatable bonds is 7. The zero-order valence-corrected chi connectivity index (χ0v) is 16.8. The molecule has 2 N–H and O–H groups in total. The van der Waals surface area contributed by atoms with Crippen LogP contribution in [0.4, 0.5) is 0 Å². The van der Waals surface area contributed by atoms with Gasteiger partial charge in [-0.15, -0.1) is 0 Å². The maximum Gasteiger partial charge on any atom is 0.305 e. The molecule has 0 saturated heterocycles. The Labute approximate surface area is 173 Å². The quantitative estimate of drug-likeness (QED) is 0.565. The number of oxazole rings is 1. The van der Waals surface area contributed by atoms with Crippen LogP contribution in [0.25, 0.3) is 11.5 Å². The average Bonchev–Trinajstić information content (AvgIpc) is 3.14. The Hall–Kier alpha value is -3.12. The lowest BCUT2D eigenvalue weighted by Gasteiger charge is -2.18. The Morgan fingerprint density at radius 2 is 1.76 bits per heavy atom. The lowest BCUT2D eigenvalue weighted by molar-refractivity contribution is -0.137. The Bertz CT molecular complexity index is 1010. The summed E-state index contributed by atoms with van der Waals surface area (Å²) in [5.74, 6) is -0.865. The van der Waals surface area contributed by atoms with Crippen molar-refractivity contribution in [1.29, 1.82) is 0 Å². The highest BCUT2D eigenvalue weighted by Gasteiger charge is 2.27. The van der Waals surface area contributed by atoms with Crippen molar-refractivity contribution >= 4 is 23.5 Å². The van der Waals surface area contributed by atoms with Crippen LogP contribution < -0.4 is 5.32 Å². The number of carboxylic acids is 1. The number of hydrogen-bond acceptors (Lipinski definition) is 4. The van der Waals surface area contributed by atoms with Gasteiger partial charge >= 0.3 is 5.97 Å². The molecule has 0 radical (unpaired) electrons. The van der Waals surface area contributed by atoms with E-state index in [1.165, 1.54) is 0 Å². The number of aromatic nitrogens is 1. The molecule has 0 aliphatic rings. The molecule has 0 fully saturated rings. The van der Waals surface area contributed by atoms with E-state index in [4.69, 9.17) is 16.0 Å². The molecule has 1 amide bonds. The van der Waals surface area contributed by atoms with Crippen LogP contribution in [-0.2, 0) is 4.79 Å². The molecule has 0 bridgehead atoms. The Kier molecular flexibility index (Phi) is 6.34. The summed E-state index contributed by atoms with van der Waals surface area (Å²) in [6.07, 6.45) is -0.310. The first-order valence-corrected chi connectivity index (χ1v) is 9.57. The van der Waals surface area contributed by atoms with Crippen LogP contribution >= 0.6 is 11.6 Å². The average molecular weight is 413 g/mol. The first-order chi connectivity index (χ1) is 13.9. The molecular weight excluding hydrogens is 392 g/mol. The van der Waals surface area contributed by atoms with E-state index >= 15 is 0 Å². The fraction of sp³-hybridized carbons (Fsp3) is 0.227. The maximum absolute atomic E-state index is 13.0. The summed E-state index contributed by atoms with van der Waals surface area (Å²) in [6.45, 7) is 3.80. The van der Waals surface area contributed by atoms with Gasteiger partial charge in [-0.05, 0) is 23.8 Å². The molecule has 3 aromatic rings. The lowest BCUT2D eigenvalue weighted by atomic mass is 10.0. The van der Waals surface area contributed by atoms with Crippen molar-refractivity contribution in [3.63, 3.8) is 0 Å². The van der Waals surface area contributed by atoms with E-state index in [1.807, 2.05) is 44.2 Å². The van der Waals surface area contributed by atoms with Gasteiger partial charge in [0.05, 0.1) is 12.5 Å². The fourth-order valence-corrected chi connectivity index (χ4v) is 3.26. The highest BCUT2D eigenvalue weighted by molar-refractivity contribution is 6.31. The van der Waals surface area contributed by atoms with E-state index in [1.54, 1.807) is 24.3 Å². The number of benzene rings is 2. The van der Waals surface area contributed by atoms with Crippen LogP contribution in [-0.4, -0.2) is 22.0 Å². The summed E-state index contributed by atoms with van der Waals surface area (Å²) < 4.78 is 5.86. The highest BCUT2D eigenvalue weighted by Crippen LogP contribution is 2.29. The van der Waals surface area contributed by atoms with Crippen molar-refractivity contribution in [1.82, 2.24) is 10.3 Å². The molecule has 7 heteroatoms. The summed E-state index contributed by atoms with van der Waals surface area (Å²) in [4.78, 5) is 28.8. The molecule has 2 aromatic carbocycles. The second kappa shape index (κ2) is 8.92. The molecular formula is C22H21ClN2O4. The largest absolute Gasteiger partial charge is 0.481 e. The third kappa shape index (κ3) is 4.84. The van der Waals surface area contributed by atoms with Crippen LogP contribution in [0, 0.1) is 0 Å². The predicted octanol–water partition coefficient (Wildman–Crippen LogP) is 5.06. The van der Waals surface area contributed by atoms with Gasteiger partial charge in [0.15, 0.2) is 5.69 Å². The van der Waals surface area contributed by atoms with Gasteiger partial charge in [-0.3, -0.25) is 9.59 Å². The van der Waals surface area contributed by atoms with Gasteiger partial charge in [-0.25, -0.2) is 4.98 Å². The van der Waals surface area contributed by atoms with Crippen molar-refractivity contribution in [2.75, 3.05) is 0 Å². The number of nitrogens with zero attached hydrogens (tertiary/aromatic N) is 1. The molecule has 150 valence electrons. The zero-order valence-electron chi connectivity index (χ0n) is 16.1. The van der Waals surface area contributed by atoms with E-state index in [9.17, 15) is 14.7 Å². The zero-order chi connectivity index (χ0) is 21.0. The summed E-state index contributed by atoms with van der Waals surface area (Å²) >= 11 is 6.22. The molecule has 1 aromatic heterocycles. The number of nitrogens with one attached hydrogen (secondary N) is 1. The molecule has 3 rings (SSSR count). The molecule has 1 unspecified atom stereocenters. The standard InChI is InChI=1S/C22H21ClN2O4/c1-13(2)20-19(25-22(29-20)14-8-4-3-5-9-14)21(28)24-17(12-18(26)27)15-10-6-7-11-16(15)23/h3-11,13,17H,12H2,1-2H3,(H,24,28)(H,26,27). The fourth-order valence-electron chi connectivity index (χ4n) is 2.99. The minimum Gasteiger partial charge on any atom is -0.481 e. The topological polar surface area (TPSA) is 92.4 Å². The normalized spacial score (nSPS) is 12.0. The van der Waals surface area contributed by atoms with Gasteiger partial charge in [0.25, 0.3) is 5.91 Å². The highest BCUT2D eigenvalue weighted by atomic mass is 35.5. The Morgan fingerprint density at radius 1 is 1.10 bits per heavy atom. The number of amides is 1. The van der Waals surface area contributed by atoms with Gasteiger partial charge < -0.3 is 14.8 Å². The number of carbonyl (C=O) groups is 2. The van der Waals surface area contributed by atoms with Gasteiger partial charge in [-0.1, -0.05) is 61.8 Å². The second-order valence-corrected chi connectivity index (χ2v) is 7.31. The molecule has 29 heavy (non-hydrogen) atoms. The first-order valence-electron chi connectivity index (χ1n) is 9.20. The molecule has 0 spiro atoms. The van der Waals surface area contributed by atoms with Crippen LogP contribution in [0.5, 0.6) is 0 Å². The van der Waals surface area contributed by atoms with Crippen LogP contribution in [0.15, 0.2) is 59.0 Å². The molecule has 0 saturated carbocycles. The van der Waals surface area contributed by atoms with Crippen molar-refractivity contribution in [2.45, 2.75) is 32.2 Å². The van der Waals surface area contributed by atoms with Gasteiger partial charge in [0.1, 0.15) is 5.76 Å². The van der Waals surface area contributed by atoms with Crippen LogP contribution in [0.1, 0.15) is 54.0 Å². The number of carbonyl (C=O) groups excluding carboxylic acids is 1. The third-order valence-corrected chi connectivity index (χ3v) is 4.72. The Balaban J connectivity index is 1.95. The van der Waals surface area contributed by atoms with Crippen molar-refractivity contribution in [3.8, 4) is 11.5 Å². The number of carboxylic acid groups (broad SMARTS) is 1. The van der Waals surface area contributed by atoms with Gasteiger partial charge in [0, 0.05) is 16.5 Å². The number of hydrogen-bond donors (Lipinski definition) is 2. The third-order valence-electron chi connectivity index (χ3n) is 4.38. The van der Waals surface area contributed by atoms with E-state index < -0.39 is 17.9 Å². The van der Waals surface area contributed by atoms with Crippen molar-refractivity contribution < 1.29 is 19.1 Å². The van der Waals surface area contributed by atoms with Crippen molar-refractivity contribution in [3.05, 3.63) is 76.6 Å². The maximum atomic E-state index is 13.0. The molecule has 0 aliphatic heterocycles. The van der Waals surface area contributed by atoms with E-state index in [0.717, 1.165) is 5.56 Å². The second-order valence-electron chi connectivity index (χ2n) is 6.90. The molecule has 0 aliphatic carbocycles. The SMILES string of the molecule is CC(C)c1oc(-c2ccccc2)nc1C(=O)NC(CC(=O)O)c1ccccc1Cl. The summed E-state index contributed by atoms with van der Waals surface area (Å²) in [5, 5.41) is 12.4. The Morgan fingerprint density at radius 3 is 2.38 bits per heavy atom. The smallest absolute Gasteiger partial charge is 0.305 e. The molecule has 6 nitrogen and oxygen atoms in total. The minimum absolute atomic E-state index is 0.0843. The van der Waals surface area contributed by atoms with E-state index in [-0.39, 0.29) is 18.0 Å². The van der Waals surface area contributed by atoms with E-state index in [0.29, 0.717) is 22.2 Å². The van der Waals surface area contributed by atoms with Crippen LogP contribution in [0.2, 0.25) is 5.02 Å². The summed E-state index contributed by atoms with van der Waals surface area (Å²) in [5.41, 5.74) is 1.42. The lowest BCUT2D eigenvalue weighted by Crippen LogP contribution is -2.31. The number of aliphatic carboxylic acids is 1. The summed E-state index contributed by atoms with van der Waals surface area (Å²) in [6, 6.07) is 15.3.